The summed E-state index contributed by atoms with van der Waals surface area (Å²) in [4.78, 5) is 11.5. The lowest BCUT2D eigenvalue weighted by Gasteiger charge is -2.06. The van der Waals surface area contributed by atoms with Gasteiger partial charge in [-0.3, -0.25) is 0 Å². The van der Waals surface area contributed by atoms with Crippen LogP contribution in [0.25, 0.3) is 6.08 Å². The molecule has 0 spiro atoms. The second-order valence-electron chi connectivity index (χ2n) is 2.94. The highest BCUT2D eigenvalue weighted by molar-refractivity contribution is 5.98. The fourth-order valence-electron chi connectivity index (χ4n) is 1.26. The smallest absolute Gasteiger partial charge is 0.340 e. The molecule has 1 rings (SSSR count). The van der Waals surface area contributed by atoms with E-state index in [9.17, 15) is 4.79 Å². The van der Waals surface area contributed by atoms with E-state index in [4.69, 9.17) is 11.5 Å². The Labute approximate surface area is 88.5 Å². The lowest BCUT2D eigenvalue weighted by molar-refractivity contribution is 0.0601. The highest BCUT2D eigenvalue weighted by Crippen LogP contribution is 2.19. The maximum Gasteiger partial charge on any atom is 0.340 e. The number of carbonyl (C=O) groups excluding carboxylic acids is 1. The first kappa shape index (κ1) is 11.3. The molecular weight excluding hydrogens is 192 g/mol. The van der Waals surface area contributed by atoms with Crippen molar-refractivity contribution in [1.82, 2.24) is 0 Å². The number of hydrogen-bond donors (Lipinski definition) is 2. The third-order valence-electron chi connectivity index (χ3n) is 1.95. The zero-order chi connectivity index (χ0) is 11.3. The third kappa shape index (κ3) is 2.57. The van der Waals surface area contributed by atoms with Crippen LogP contribution in [0.5, 0.6) is 0 Å². The van der Waals surface area contributed by atoms with Crippen molar-refractivity contribution >= 4 is 17.7 Å². The van der Waals surface area contributed by atoms with E-state index >= 15 is 0 Å². The lowest BCUT2D eigenvalue weighted by Crippen LogP contribution is -2.07. The molecule has 0 heterocycles. The minimum absolute atomic E-state index is 0.379. The molecule has 0 unspecified atom stereocenters. The number of rotatable bonds is 3. The number of benzene rings is 1. The van der Waals surface area contributed by atoms with Crippen LogP contribution in [0, 0.1) is 0 Å². The Hall–Kier alpha value is -1.81. The van der Waals surface area contributed by atoms with Crippen LogP contribution in [0.15, 0.2) is 24.3 Å². The van der Waals surface area contributed by atoms with Gasteiger partial charge in [-0.15, -0.1) is 0 Å². The molecule has 0 fully saturated rings. The number of esters is 1. The van der Waals surface area contributed by atoms with Crippen molar-refractivity contribution < 1.29 is 9.53 Å². The SMILES string of the molecule is COC(=O)c1c(N)cccc1/C=C/CN. The van der Waals surface area contributed by atoms with Gasteiger partial charge in [-0.1, -0.05) is 24.3 Å². The van der Waals surface area contributed by atoms with Gasteiger partial charge in [0.2, 0.25) is 0 Å². The van der Waals surface area contributed by atoms with E-state index in [2.05, 4.69) is 4.74 Å². The molecule has 0 aliphatic carbocycles. The number of carbonyl (C=O) groups is 1. The Balaban J connectivity index is 3.20. The Morgan fingerprint density at radius 1 is 1.53 bits per heavy atom. The van der Waals surface area contributed by atoms with E-state index in [0.717, 1.165) is 0 Å². The van der Waals surface area contributed by atoms with Crippen molar-refractivity contribution in [3.8, 4) is 0 Å². The highest BCUT2D eigenvalue weighted by atomic mass is 16.5. The number of methoxy groups -OCH3 is 1. The van der Waals surface area contributed by atoms with Gasteiger partial charge in [-0.05, 0) is 11.6 Å². The lowest BCUT2D eigenvalue weighted by atomic mass is 10.1. The van der Waals surface area contributed by atoms with Gasteiger partial charge in [0, 0.05) is 12.2 Å². The summed E-state index contributed by atoms with van der Waals surface area (Å²) in [6.07, 6.45) is 3.50. The molecule has 15 heavy (non-hydrogen) atoms. The Morgan fingerprint density at radius 3 is 2.87 bits per heavy atom. The fraction of sp³-hybridized carbons (Fsp3) is 0.182. The van der Waals surface area contributed by atoms with Crippen LogP contribution in [0.3, 0.4) is 0 Å². The van der Waals surface area contributed by atoms with E-state index in [-0.39, 0.29) is 0 Å². The standard InChI is InChI=1S/C11H14N2O2/c1-15-11(14)10-8(5-3-7-12)4-2-6-9(10)13/h2-6H,7,12-13H2,1H3/b5-3+. The molecule has 80 valence electrons. The first-order chi connectivity index (χ1) is 7.20. The molecule has 0 atom stereocenters. The van der Waals surface area contributed by atoms with Gasteiger partial charge >= 0.3 is 5.97 Å². The predicted molar refractivity (Wildman–Crippen MR) is 60.3 cm³/mol. The van der Waals surface area contributed by atoms with Gasteiger partial charge in [0.15, 0.2) is 0 Å². The van der Waals surface area contributed by atoms with Gasteiger partial charge < -0.3 is 16.2 Å². The number of hydrogen-bond acceptors (Lipinski definition) is 4. The maximum atomic E-state index is 11.5. The van der Waals surface area contributed by atoms with Crippen molar-refractivity contribution in [3.05, 3.63) is 35.4 Å². The van der Waals surface area contributed by atoms with E-state index in [0.29, 0.717) is 23.4 Å². The number of nitrogens with two attached hydrogens (primary N) is 2. The number of nitrogen functional groups attached to an aromatic ring is 1. The molecule has 0 aromatic heterocycles. The monoisotopic (exact) mass is 206 g/mol. The Morgan fingerprint density at radius 2 is 2.27 bits per heavy atom. The van der Waals surface area contributed by atoms with Crippen LogP contribution < -0.4 is 11.5 Å². The third-order valence-corrected chi connectivity index (χ3v) is 1.95. The first-order valence-corrected chi connectivity index (χ1v) is 4.54. The molecule has 4 nitrogen and oxygen atoms in total. The maximum absolute atomic E-state index is 11.5. The average molecular weight is 206 g/mol. The van der Waals surface area contributed by atoms with Gasteiger partial charge in [0.05, 0.1) is 12.7 Å². The highest BCUT2D eigenvalue weighted by Gasteiger charge is 2.13. The molecule has 0 aliphatic rings. The predicted octanol–water partition coefficient (Wildman–Crippen LogP) is 1.03. The van der Waals surface area contributed by atoms with E-state index in [1.54, 1.807) is 30.4 Å². The molecule has 4 N–H and O–H groups in total. The van der Waals surface area contributed by atoms with E-state index in [1.165, 1.54) is 7.11 Å². The van der Waals surface area contributed by atoms with Crippen molar-refractivity contribution in [1.29, 1.82) is 0 Å². The van der Waals surface area contributed by atoms with Gasteiger partial charge in [0.1, 0.15) is 0 Å². The second-order valence-corrected chi connectivity index (χ2v) is 2.94. The minimum atomic E-state index is -0.440. The molecule has 1 aromatic carbocycles. The largest absolute Gasteiger partial charge is 0.465 e. The van der Waals surface area contributed by atoms with Crippen molar-refractivity contribution in [2.24, 2.45) is 5.73 Å². The van der Waals surface area contributed by atoms with Gasteiger partial charge in [-0.2, -0.15) is 0 Å². The minimum Gasteiger partial charge on any atom is -0.465 e. The molecule has 0 aliphatic heterocycles. The summed E-state index contributed by atoms with van der Waals surface area (Å²) in [6, 6.07) is 5.22. The molecular formula is C11H14N2O2. The van der Waals surface area contributed by atoms with Crippen molar-refractivity contribution in [2.75, 3.05) is 19.4 Å². The topological polar surface area (TPSA) is 78.3 Å². The summed E-state index contributed by atoms with van der Waals surface area (Å²) >= 11 is 0. The van der Waals surface area contributed by atoms with Gasteiger partial charge in [-0.25, -0.2) is 4.79 Å². The number of ether oxygens (including phenoxy) is 1. The summed E-state index contributed by atoms with van der Waals surface area (Å²) in [7, 11) is 1.32. The molecule has 0 radical (unpaired) electrons. The van der Waals surface area contributed by atoms with E-state index < -0.39 is 5.97 Å². The van der Waals surface area contributed by atoms with Crippen LogP contribution in [0.4, 0.5) is 5.69 Å². The van der Waals surface area contributed by atoms with Crippen LogP contribution in [-0.2, 0) is 4.74 Å². The van der Waals surface area contributed by atoms with Crippen LogP contribution in [0.2, 0.25) is 0 Å². The van der Waals surface area contributed by atoms with Crippen molar-refractivity contribution in [3.63, 3.8) is 0 Å². The first-order valence-electron chi connectivity index (χ1n) is 4.54. The Bertz CT molecular complexity index is 386. The average Bonchev–Trinajstić information content (AvgIpc) is 2.25. The molecule has 4 heteroatoms. The molecule has 0 saturated heterocycles. The van der Waals surface area contributed by atoms with Crippen molar-refractivity contribution in [2.45, 2.75) is 0 Å². The van der Waals surface area contributed by atoms with Crippen LogP contribution in [-0.4, -0.2) is 19.6 Å². The summed E-state index contributed by atoms with van der Waals surface area (Å²) in [5.74, 6) is -0.440. The zero-order valence-corrected chi connectivity index (χ0v) is 8.57. The van der Waals surface area contributed by atoms with Crippen LogP contribution in [0.1, 0.15) is 15.9 Å². The summed E-state index contributed by atoms with van der Waals surface area (Å²) < 4.78 is 4.65. The normalized spacial score (nSPS) is 10.5. The number of anilines is 1. The second kappa shape index (κ2) is 5.17. The summed E-state index contributed by atoms with van der Waals surface area (Å²) in [5, 5.41) is 0. The quantitative estimate of drug-likeness (QED) is 0.572. The van der Waals surface area contributed by atoms with Crippen LogP contribution >= 0.6 is 0 Å². The summed E-state index contributed by atoms with van der Waals surface area (Å²) in [6.45, 7) is 0.412. The summed E-state index contributed by atoms with van der Waals surface area (Å²) in [5.41, 5.74) is 12.5. The molecule has 0 amide bonds. The molecule has 0 bridgehead atoms. The molecule has 1 aromatic rings. The van der Waals surface area contributed by atoms with Gasteiger partial charge in [0.25, 0.3) is 0 Å². The zero-order valence-electron chi connectivity index (χ0n) is 8.57. The van der Waals surface area contributed by atoms with E-state index in [1.807, 2.05) is 0 Å². The molecule has 0 saturated carbocycles. The Kier molecular flexibility index (Phi) is 3.88. The fourth-order valence-corrected chi connectivity index (χ4v) is 1.26.